The van der Waals surface area contributed by atoms with Crippen LogP contribution in [0.25, 0.3) is 0 Å². The van der Waals surface area contributed by atoms with Crippen molar-refractivity contribution in [2.45, 2.75) is 32.6 Å². The van der Waals surface area contributed by atoms with E-state index in [2.05, 4.69) is 48.1 Å². The third kappa shape index (κ3) is 2.81. The molecule has 0 saturated heterocycles. The molecule has 0 saturated carbocycles. The summed E-state index contributed by atoms with van der Waals surface area (Å²) in [5, 5.41) is 3.21. The molecular formula is C11H18BrNS. The zero-order valence-corrected chi connectivity index (χ0v) is 11.7. The monoisotopic (exact) mass is 275 g/mol. The van der Waals surface area contributed by atoms with Crippen molar-refractivity contribution in [3.8, 4) is 0 Å². The number of nitrogens with one attached hydrogen (secondary N) is 1. The molecule has 0 aliphatic rings. The Labute approximate surface area is 99.0 Å². The molecule has 0 amide bonds. The average Bonchev–Trinajstić information content (AvgIpc) is 2.42. The molecule has 0 atom stereocenters. The first-order valence-corrected chi connectivity index (χ1v) is 6.49. The maximum absolute atomic E-state index is 3.55. The predicted octanol–water partition coefficient (Wildman–Crippen LogP) is 3.71. The van der Waals surface area contributed by atoms with Crippen LogP contribution in [-0.4, -0.2) is 13.6 Å². The minimum Gasteiger partial charge on any atom is -0.320 e. The van der Waals surface area contributed by atoms with Crippen molar-refractivity contribution in [1.82, 2.24) is 5.32 Å². The van der Waals surface area contributed by atoms with E-state index in [0.29, 0.717) is 0 Å². The van der Waals surface area contributed by atoms with E-state index in [0.717, 1.165) is 6.54 Å². The van der Waals surface area contributed by atoms with Crippen molar-refractivity contribution in [2.75, 3.05) is 13.6 Å². The van der Waals surface area contributed by atoms with Gasteiger partial charge in [-0.1, -0.05) is 13.8 Å². The molecule has 0 aromatic carbocycles. The number of halogens is 1. The molecule has 1 heterocycles. The molecule has 3 heteroatoms. The summed E-state index contributed by atoms with van der Waals surface area (Å²) in [5.41, 5.74) is 1.75. The highest BCUT2D eigenvalue weighted by atomic mass is 79.9. The Kier molecular flexibility index (Phi) is 4.16. The average molecular weight is 276 g/mol. The van der Waals surface area contributed by atoms with Crippen LogP contribution in [0.1, 0.15) is 30.7 Å². The minimum atomic E-state index is 0.273. The van der Waals surface area contributed by atoms with Crippen molar-refractivity contribution < 1.29 is 0 Å². The molecule has 1 N–H and O–H groups in total. The second-order valence-corrected chi connectivity index (χ2v) is 6.89. The van der Waals surface area contributed by atoms with Gasteiger partial charge < -0.3 is 5.32 Å². The molecule has 0 radical (unpaired) electrons. The lowest BCUT2D eigenvalue weighted by molar-refractivity contribution is 0.468. The van der Waals surface area contributed by atoms with Gasteiger partial charge >= 0.3 is 0 Å². The van der Waals surface area contributed by atoms with Crippen LogP contribution in [0.15, 0.2) is 9.85 Å². The van der Waals surface area contributed by atoms with Gasteiger partial charge in [0.05, 0.1) is 3.79 Å². The molecule has 0 aliphatic carbocycles. The van der Waals surface area contributed by atoms with Crippen molar-refractivity contribution in [3.63, 3.8) is 0 Å². The van der Waals surface area contributed by atoms with Gasteiger partial charge in [0.15, 0.2) is 0 Å². The van der Waals surface area contributed by atoms with E-state index in [9.17, 15) is 0 Å². The van der Waals surface area contributed by atoms with Crippen molar-refractivity contribution in [2.24, 2.45) is 0 Å². The highest BCUT2D eigenvalue weighted by Gasteiger charge is 2.23. The molecule has 1 nitrogen and oxygen atoms in total. The zero-order chi connectivity index (χ0) is 10.8. The smallest absolute Gasteiger partial charge is 0.0704 e. The SMILES string of the molecule is CNCCC(C)(C)c1cc(Br)sc1C. The van der Waals surface area contributed by atoms with Crippen LogP contribution in [0.3, 0.4) is 0 Å². The Morgan fingerprint density at radius 3 is 2.57 bits per heavy atom. The Hall–Kier alpha value is 0.140. The molecule has 0 fully saturated rings. The standard InChI is InChI=1S/C11H18BrNS/c1-8-9(7-10(12)14-8)11(2,3)5-6-13-4/h7,13H,5-6H2,1-4H3. The van der Waals surface area contributed by atoms with E-state index < -0.39 is 0 Å². The molecule has 80 valence electrons. The van der Waals surface area contributed by atoms with Gasteiger partial charge in [0.2, 0.25) is 0 Å². The number of rotatable bonds is 4. The molecule has 1 rings (SSSR count). The summed E-state index contributed by atoms with van der Waals surface area (Å²) in [5.74, 6) is 0. The lowest BCUT2D eigenvalue weighted by Gasteiger charge is -2.24. The Balaban J connectivity index is 2.85. The van der Waals surface area contributed by atoms with Crippen LogP contribution in [0.4, 0.5) is 0 Å². The van der Waals surface area contributed by atoms with Gasteiger partial charge in [-0.3, -0.25) is 0 Å². The Morgan fingerprint density at radius 1 is 1.50 bits per heavy atom. The molecule has 1 aromatic heterocycles. The normalized spacial score (nSPS) is 12.1. The lowest BCUT2D eigenvalue weighted by atomic mass is 9.82. The van der Waals surface area contributed by atoms with Gasteiger partial charge in [-0.05, 0) is 59.9 Å². The van der Waals surface area contributed by atoms with E-state index >= 15 is 0 Å². The maximum atomic E-state index is 3.55. The summed E-state index contributed by atoms with van der Waals surface area (Å²) >= 11 is 5.37. The van der Waals surface area contributed by atoms with Crippen LogP contribution in [0.2, 0.25) is 0 Å². The van der Waals surface area contributed by atoms with Crippen LogP contribution in [-0.2, 0) is 5.41 Å². The molecule has 0 bridgehead atoms. The first kappa shape index (κ1) is 12.2. The summed E-state index contributed by atoms with van der Waals surface area (Å²) in [4.78, 5) is 1.43. The highest BCUT2D eigenvalue weighted by Crippen LogP contribution is 2.36. The molecule has 0 spiro atoms. The summed E-state index contributed by atoms with van der Waals surface area (Å²) in [7, 11) is 2.01. The molecule has 14 heavy (non-hydrogen) atoms. The summed E-state index contributed by atoms with van der Waals surface area (Å²) in [6.07, 6.45) is 1.17. The summed E-state index contributed by atoms with van der Waals surface area (Å²) < 4.78 is 1.24. The fraction of sp³-hybridized carbons (Fsp3) is 0.636. The van der Waals surface area contributed by atoms with Crippen LogP contribution in [0.5, 0.6) is 0 Å². The van der Waals surface area contributed by atoms with E-state index in [-0.39, 0.29) is 5.41 Å². The van der Waals surface area contributed by atoms with Crippen molar-refractivity contribution in [1.29, 1.82) is 0 Å². The second-order valence-electron chi connectivity index (χ2n) is 4.26. The molecule has 0 unspecified atom stereocenters. The molecule has 0 aliphatic heterocycles. The number of hydrogen-bond donors (Lipinski definition) is 1. The third-order valence-corrected chi connectivity index (χ3v) is 4.17. The predicted molar refractivity (Wildman–Crippen MR) is 68.3 cm³/mol. The van der Waals surface area contributed by atoms with Crippen molar-refractivity contribution in [3.05, 3.63) is 20.3 Å². The fourth-order valence-corrected chi connectivity index (χ4v) is 3.56. The highest BCUT2D eigenvalue weighted by molar-refractivity contribution is 9.11. The van der Waals surface area contributed by atoms with Gasteiger partial charge in [-0.15, -0.1) is 11.3 Å². The number of thiophene rings is 1. The largest absolute Gasteiger partial charge is 0.320 e. The van der Waals surface area contributed by atoms with Crippen LogP contribution < -0.4 is 5.32 Å². The lowest BCUT2D eigenvalue weighted by Crippen LogP contribution is -2.23. The van der Waals surface area contributed by atoms with Crippen LogP contribution in [0, 0.1) is 6.92 Å². The van der Waals surface area contributed by atoms with Gasteiger partial charge in [-0.25, -0.2) is 0 Å². The summed E-state index contributed by atoms with van der Waals surface area (Å²) in [6.45, 7) is 7.89. The number of aryl methyl sites for hydroxylation is 1. The van der Waals surface area contributed by atoms with Gasteiger partial charge in [0.1, 0.15) is 0 Å². The van der Waals surface area contributed by atoms with Crippen molar-refractivity contribution >= 4 is 27.3 Å². The first-order valence-electron chi connectivity index (χ1n) is 4.88. The third-order valence-electron chi connectivity index (χ3n) is 2.62. The second kappa shape index (κ2) is 4.77. The molecule has 1 aromatic rings. The van der Waals surface area contributed by atoms with E-state index in [1.54, 1.807) is 0 Å². The quantitative estimate of drug-likeness (QED) is 0.884. The van der Waals surface area contributed by atoms with Gasteiger partial charge in [0, 0.05) is 4.88 Å². The molecular weight excluding hydrogens is 258 g/mol. The minimum absolute atomic E-state index is 0.273. The Bertz CT molecular complexity index is 304. The van der Waals surface area contributed by atoms with E-state index in [1.807, 2.05) is 18.4 Å². The fourth-order valence-electron chi connectivity index (χ4n) is 1.69. The number of hydrogen-bond acceptors (Lipinski definition) is 2. The maximum Gasteiger partial charge on any atom is 0.0704 e. The van der Waals surface area contributed by atoms with E-state index in [4.69, 9.17) is 0 Å². The summed E-state index contributed by atoms with van der Waals surface area (Å²) in [6, 6.07) is 2.26. The topological polar surface area (TPSA) is 12.0 Å². The van der Waals surface area contributed by atoms with E-state index in [1.165, 1.54) is 20.6 Å². The first-order chi connectivity index (χ1) is 6.47. The zero-order valence-electron chi connectivity index (χ0n) is 9.28. The van der Waals surface area contributed by atoms with Gasteiger partial charge in [0.25, 0.3) is 0 Å². The van der Waals surface area contributed by atoms with Gasteiger partial charge in [-0.2, -0.15) is 0 Å². The van der Waals surface area contributed by atoms with Crippen LogP contribution >= 0.6 is 27.3 Å². The Morgan fingerprint density at radius 2 is 2.14 bits per heavy atom.